The molecule has 1 saturated heterocycles. The number of aromatic amines is 1. The molecule has 6 heteroatoms. The lowest BCUT2D eigenvalue weighted by Gasteiger charge is -2.31. The van der Waals surface area contributed by atoms with E-state index in [1.54, 1.807) is 0 Å². The van der Waals surface area contributed by atoms with Crippen LogP contribution in [0.15, 0.2) is 48.5 Å². The van der Waals surface area contributed by atoms with Gasteiger partial charge in [0.05, 0.1) is 5.52 Å². The summed E-state index contributed by atoms with van der Waals surface area (Å²) in [5, 5.41) is 8.69. The van der Waals surface area contributed by atoms with E-state index in [0.29, 0.717) is 23.8 Å². The number of nitrogens with zero attached hydrogens (tertiary/aromatic N) is 2. The summed E-state index contributed by atoms with van der Waals surface area (Å²) in [5.41, 5.74) is 1.37. The largest absolute Gasteiger partial charge is 0.490 e. The topological polar surface area (TPSA) is 58.2 Å². The van der Waals surface area contributed by atoms with E-state index >= 15 is 0 Å². The number of para-hydroxylation sites is 1. The number of likely N-dealkylation sites (tertiary alicyclic amines) is 1. The van der Waals surface area contributed by atoms with Crippen LogP contribution in [0.2, 0.25) is 5.02 Å². The van der Waals surface area contributed by atoms with Crippen molar-refractivity contribution in [3.05, 3.63) is 59.2 Å². The van der Waals surface area contributed by atoms with E-state index in [1.807, 2.05) is 53.4 Å². The lowest BCUT2D eigenvalue weighted by atomic mass is 10.1. The molecule has 0 aliphatic carbocycles. The zero-order valence-electron chi connectivity index (χ0n) is 13.6. The number of hydrogen-bond donors (Lipinski definition) is 1. The van der Waals surface area contributed by atoms with Gasteiger partial charge in [-0.3, -0.25) is 9.89 Å². The molecule has 2 heterocycles. The molecule has 1 aliphatic rings. The average molecular weight is 356 g/mol. The summed E-state index contributed by atoms with van der Waals surface area (Å²) in [6.07, 6.45) is 1.72. The molecular formula is C19H18ClN3O2. The molecule has 5 nitrogen and oxygen atoms in total. The zero-order chi connectivity index (χ0) is 17.2. The number of rotatable bonds is 3. The second kappa shape index (κ2) is 6.76. The Balaban J connectivity index is 1.39. The summed E-state index contributed by atoms with van der Waals surface area (Å²) in [7, 11) is 0. The zero-order valence-corrected chi connectivity index (χ0v) is 14.4. The van der Waals surface area contributed by atoms with Crippen molar-refractivity contribution in [3.63, 3.8) is 0 Å². The molecule has 0 saturated carbocycles. The molecule has 1 aromatic heterocycles. The highest BCUT2D eigenvalue weighted by Gasteiger charge is 2.27. The van der Waals surface area contributed by atoms with Crippen LogP contribution in [-0.2, 0) is 0 Å². The number of halogens is 1. The van der Waals surface area contributed by atoms with E-state index in [9.17, 15) is 4.79 Å². The smallest absolute Gasteiger partial charge is 0.274 e. The Bertz CT molecular complexity index is 883. The molecule has 0 radical (unpaired) electrons. The first-order chi connectivity index (χ1) is 12.2. The van der Waals surface area contributed by atoms with Gasteiger partial charge in [-0.1, -0.05) is 29.8 Å². The van der Waals surface area contributed by atoms with Crippen LogP contribution in [0.25, 0.3) is 10.9 Å². The highest BCUT2D eigenvalue weighted by molar-refractivity contribution is 6.30. The van der Waals surface area contributed by atoms with Crippen LogP contribution in [-0.4, -0.2) is 40.2 Å². The highest BCUT2D eigenvalue weighted by Crippen LogP contribution is 2.23. The number of ether oxygens (including phenoxy) is 1. The number of fused-ring (bicyclic) bond motifs is 1. The second-order valence-corrected chi connectivity index (χ2v) is 6.62. The van der Waals surface area contributed by atoms with Crippen molar-refractivity contribution in [2.45, 2.75) is 18.9 Å². The van der Waals surface area contributed by atoms with Crippen molar-refractivity contribution in [1.82, 2.24) is 15.1 Å². The normalized spacial score (nSPS) is 15.5. The Morgan fingerprint density at radius 2 is 1.84 bits per heavy atom. The molecule has 25 heavy (non-hydrogen) atoms. The maximum atomic E-state index is 12.8. The Hall–Kier alpha value is -2.53. The Kier molecular flexibility index (Phi) is 4.32. The molecule has 3 aromatic rings. The Labute approximate surface area is 150 Å². The summed E-state index contributed by atoms with van der Waals surface area (Å²) in [6, 6.07) is 15.1. The van der Waals surface area contributed by atoms with Gasteiger partial charge < -0.3 is 9.64 Å². The first-order valence-corrected chi connectivity index (χ1v) is 8.73. The van der Waals surface area contributed by atoms with Gasteiger partial charge >= 0.3 is 0 Å². The van der Waals surface area contributed by atoms with Gasteiger partial charge in [-0.25, -0.2) is 0 Å². The number of hydrogen-bond acceptors (Lipinski definition) is 3. The lowest BCUT2D eigenvalue weighted by Crippen LogP contribution is -2.42. The van der Waals surface area contributed by atoms with Gasteiger partial charge in [0.1, 0.15) is 11.9 Å². The summed E-state index contributed by atoms with van der Waals surface area (Å²) >= 11 is 5.89. The molecular weight excluding hydrogens is 338 g/mol. The van der Waals surface area contributed by atoms with Crippen molar-refractivity contribution in [3.8, 4) is 5.75 Å². The average Bonchev–Trinajstić information content (AvgIpc) is 3.08. The monoisotopic (exact) mass is 355 g/mol. The van der Waals surface area contributed by atoms with Gasteiger partial charge in [0, 0.05) is 36.3 Å². The van der Waals surface area contributed by atoms with Gasteiger partial charge in [-0.05, 0) is 30.3 Å². The van der Waals surface area contributed by atoms with Gasteiger partial charge in [-0.2, -0.15) is 5.10 Å². The molecule has 0 unspecified atom stereocenters. The van der Waals surface area contributed by atoms with Crippen molar-refractivity contribution < 1.29 is 9.53 Å². The first kappa shape index (κ1) is 16.0. The van der Waals surface area contributed by atoms with Crippen molar-refractivity contribution >= 4 is 28.4 Å². The molecule has 0 spiro atoms. The molecule has 4 rings (SSSR count). The fourth-order valence-electron chi connectivity index (χ4n) is 3.16. The lowest BCUT2D eigenvalue weighted by molar-refractivity contribution is 0.0592. The van der Waals surface area contributed by atoms with Crippen LogP contribution in [0.5, 0.6) is 5.75 Å². The number of piperidine rings is 1. The van der Waals surface area contributed by atoms with E-state index in [1.165, 1.54) is 0 Å². The Morgan fingerprint density at radius 3 is 2.60 bits per heavy atom. The second-order valence-electron chi connectivity index (χ2n) is 6.18. The molecule has 1 aliphatic heterocycles. The predicted octanol–water partition coefficient (Wildman–Crippen LogP) is 3.90. The number of carbonyl (C=O) groups excluding carboxylic acids is 1. The minimum atomic E-state index is -0.0256. The number of carbonyl (C=O) groups is 1. The number of H-pyrrole nitrogens is 1. The van der Waals surface area contributed by atoms with E-state index in [4.69, 9.17) is 16.3 Å². The van der Waals surface area contributed by atoms with Crippen LogP contribution in [0, 0.1) is 0 Å². The molecule has 128 valence electrons. The summed E-state index contributed by atoms with van der Waals surface area (Å²) in [4.78, 5) is 14.6. The molecule has 1 amide bonds. The Morgan fingerprint density at radius 1 is 1.12 bits per heavy atom. The third-order valence-electron chi connectivity index (χ3n) is 4.52. The minimum absolute atomic E-state index is 0.0256. The van der Waals surface area contributed by atoms with Crippen molar-refractivity contribution in [2.75, 3.05) is 13.1 Å². The highest BCUT2D eigenvalue weighted by atomic mass is 35.5. The van der Waals surface area contributed by atoms with Crippen LogP contribution in [0.3, 0.4) is 0 Å². The van der Waals surface area contributed by atoms with Crippen LogP contribution in [0.1, 0.15) is 23.3 Å². The number of aromatic nitrogens is 2. The number of benzene rings is 2. The molecule has 1 fully saturated rings. The third-order valence-corrected chi connectivity index (χ3v) is 4.77. The van der Waals surface area contributed by atoms with Crippen LogP contribution in [0.4, 0.5) is 0 Å². The van der Waals surface area contributed by atoms with Crippen LogP contribution < -0.4 is 4.74 Å². The van der Waals surface area contributed by atoms with Gasteiger partial charge in [0.15, 0.2) is 5.69 Å². The standard InChI is InChI=1S/C19H18ClN3O2/c20-13-5-7-14(8-6-13)25-15-9-11-23(12-10-15)19(24)18-16-3-1-2-4-17(16)21-22-18/h1-8,15H,9-12H2,(H,21,22). The van der Waals surface area contributed by atoms with E-state index in [2.05, 4.69) is 10.2 Å². The van der Waals surface area contributed by atoms with Crippen molar-refractivity contribution in [2.24, 2.45) is 0 Å². The molecule has 0 atom stereocenters. The molecule has 1 N–H and O–H groups in total. The fraction of sp³-hybridized carbons (Fsp3) is 0.263. The van der Waals surface area contributed by atoms with E-state index in [-0.39, 0.29) is 12.0 Å². The predicted molar refractivity (Wildman–Crippen MR) is 97.1 cm³/mol. The van der Waals surface area contributed by atoms with Gasteiger partial charge in [0.25, 0.3) is 5.91 Å². The van der Waals surface area contributed by atoms with Crippen molar-refractivity contribution in [1.29, 1.82) is 0 Å². The van der Waals surface area contributed by atoms with Crippen LogP contribution >= 0.6 is 11.6 Å². The van der Waals surface area contributed by atoms with E-state index in [0.717, 1.165) is 29.5 Å². The fourth-order valence-corrected chi connectivity index (χ4v) is 3.28. The summed E-state index contributed by atoms with van der Waals surface area (Å²) in [5.74, 6) is 0.787. The SMILES string of the molecule is O=C(c1n[nH]c2ccccc12)N1CCC(Oc2ccc(Cl)cc2)CC1. The number of nitrogens with one attached hydrogen (secondary N) is 1. The minimum Gasteiger partial charge on any atom is -0.490 e. The van der Waals surface area contributed by atoms with Gasteiger partial charge in [-0.15, -0.1) is 0 Å². The van der Waals surface area contributed by atoms with E-state index < -0.39 is 0 Å². The van der Waals surface area contributed by atoms with Gasteiger partial charge in [0.2, 0.25) is 0 Å². The maximum Gasteiger partial charge on any atom is 0.274 e. The third kappa shape index (κ3) is 3.33. The maximum absolute atomic E-state index is 12.8. The summed E-state index contributed by atoms with van der Waals surface area (Å²) in [6.45, 7) is 1.33. The summed E-state index contributed by atoms with van der Waals surface area (Å²) < 4.78 is 5.98. The first-order valence-electron chi connectivity index (χ1n) is 8.35. The molecule has 2 aromatic carbocycles. The molecule has 0 bridgehead atoms. The quantitative estimate of drug-likeness (QED) is 0.775. The number of amides is 1.